The van der Waals surface area contributed by atoms with Gasteiger partial charge in [-0.3, -0.25) is 19.3 Å². The molecule has 3 heterocycles. The molecule has 3 N–H and O–H groups in total. The van der Waals surface area contributed by atoms with Crippen LogP contribution in [-0.2, 0) is 14.4 Å². The summed E-state index contributed by atoms with van der Waals surface area (Å²) in [5, 5.41) is 21.3. The Labute approximate surface area is 203 Å². The number of carboxylic acids is 1. The number of nitrogens with zero attached hydrogens (tertiary/aromatic N) is 1. The first-order valence-corrected chi connectivity index (χ1v) is 13.2. The van der Waals surface area contributed by atoms with Gasteiger partial charge >= 0.3 is 10.8 Å². The van der Waals surface area contributed by atoms with Crippen LogP contribution in [0.1, 0.15) is 36.6 Å². The molecule has 1 aromatic heterocycles. The molecule has 1 aromatic carbocycles. The number of carboxylic acid groups (broad SMARTS) is 1. The zero-order valence-electron chi connectivity index (χ0n) is 18.5. The average Bonchev–Trinajstić information content (AvgIpc) is 3.49. The number of benzene rings is 1. The predicted octanol–water partition coefficient (Wildman–Crippen LogP) is 2.72. The van der Waals surface area contributed by atoms with Crippen molar-refractivity contribution in [1.82, 2.24) is 9.88 Å². The van der Waals surface area contributed by atoms with Gasteiger partial charge in [-0.25, -0.2) is 4.79 Å². The first-order chi connectivity index (χ1) is 16.2. The molecule has 1 saturated heterocycles. The summed E-state index contributed by atoms with van der Waals surface area (Å²) in [6.07, 6.45) is 0.714. The standard InChI is InChI=1S/C24H24N2O6S2/c1-8(2)17(23(30)31)26-21(28)15-10-7-11(16(15)22(26)29)18-14(10)13(9-5-3-4-6-12(9)27)19-20(33-18)25-24(32)34-19/h3-6,8,10-11,13-18,27H,7H2,1-2H3,(H,25,32)(H,30,31). The van der Waals surface area contributed by atoms with Crippen LogP contribution in [0.3, 0.4) is 0 Å². The number of hydrogen-bond donors (Lipinski definition) is 3. The number of fused-ring (bicyclic) bond motifs is 9. The highest BCUT2D eigenvalue weighted by molar-refractivity contribution is 8.00. The van der Waals surface area contributed by atoms with Crippen LogP contribution >= 0.6 is 23.1 Å². The summed E-state index contributed by atoms with van der Waals surface area (Å²) < 4.78 is 0. The van der Waals surface area contributed by atoms with E-state index in [1.807, 2.05) is 12.1 Å². The van der Waals surface area contributed by atoms with E-state index in [0.717, 1.165) is 31.7 Å². The molecule has 2 bridgehead atoms. The summed E-state index contributed by atoms with van der Waals surface area (Å²) in [6.45, 7) is 3.42. The van der Waals surface area contributed by atoms with Gasteiger partial charge in [-0.15, -0.1) is 11.8 Å². The summed E-state index contributed by atoms with van der Waals surface area (Å²) in [6, 6.07) is 5.91. The Bertz CT molecular complexity index is 1280. The molecule has 178 valence electrons. The minimum absolute atomic E-state index is 0.00682. The maximum atomic E-state index is 13.6. The number of thioether (sulfide) groups is 1. The number of rotatable bonds is 4. The Kier molecular flexibility index (Phi) is 4.80. The highest BCUT2D eigenvalue weighted by Gasteiger charge is 2.70. The van der Waals surface area contributed by atoms with Gasteiger partial charge in [0.2, 0.25) is 11.8 Å². The molecular formula is C24H24N2O6S2. The summed E-state index contributed by atoms with van der Waals surface area (Å²) in [5.41, 5.74) is 0.720. The first-order valence-electron chi connectivity index (χ1n) is 11.5. The third-order valence-corrected chi connectivity index (χ3v) is 10.8. The topological polar surface area (TPSA) is 128 Å². The fourth-order valence-corrected chi connectivity index (χ4v) is 9.99. The van der Waals surface area contributed by atoms with Crippen molar-refractivity contribution in [2.24, 2.45) is 35.5 Å². The number of aromatic amines is 1. The molecule has 6 rings (SSSR count). The molecule has 2 amide bonds. The molecule has 3 fully saturated rings. The lowest BCUT2D eigenvalue weighted by molar-refractivity contribution is -0.157. The maximum absolute atomic E-state index is 13.6. The minimum Gasteiger partial charge on any atom is -0.508 e. The van der Waals surface area contributed by atoms with Crippen molar-refractivity contribution in [2.75, 3.05) is 0 Å². The Morgan fingerprint density at radius 2 is 1.79 bits per heavy atom. The number of phenolic OH excluding ortho intramolecular Hbond substituents is 1. The number of imide groups is 1. The molecule has 8 unspecified atom stereocenters. The number of hydrogen-bond acceptors (Lipinski definition) is 7. The number of aromatic nitrogens is 1. The van der Waals surface area contributed by atoms with Gasteiger partial charge in [0.1, 0.15) is 11.8 Å². The maximum Gasteiger partial charge on any atom is 0.327 e. The zero-order valence-corrected chi connectivity index (χ0v) is 20.1. The summed E-state index contributed by atoms with van der Waals surface area (Å²) in [4.78, 5) is 56.0. The number of aliphatic carboxylic acids is 1. The number of thiazole rings is 1. The summed E-state index contributed by atoms with van der Waals surface area (Å²) in [7, 11) is 0. The van der Waals surface area contributed by atoms with E-state index in [1.165, 1.54) is 0 Å². The van der Waals surface area contributed by atoms with E-state index in [4.69, 9.17) is 0 Å². The molecule has 0 radical (unpaired) electrons. The van der Waals surface area contributed by atoms with Gasteiger partial charge in [0, 0.05) is 21.6 Å². The molecule has 2 saturated carbocycles. The fraction of sp³-hybridized carbons (Fsp3) is 0.500. The fourth-order valence-electron chi connectivity index (χ4n) is 7.11. The second-order valence-corrected chi connectivity index (χ2v) is 12.3. The van der Waals surface area contributed by atoms with Crippen molar-refractivity contribution in [1.29, 1.82) is 0 Å². The Morgan fingerprint density at radius 3 is 2.44 bits per heavy atom. The van der Waals surface area contributed by atoms with Crippen LogP contribution in [0.25, 0.3) is 0 Å². The van der Waals surface area contributed by atoms with Gasteiger partial charge in [-0.2, -0.15) is 0 Å². The van der Waals surface area contributed by atoms with Crippen molar-refractivity contribution in [3.8, 4) is 5.75 Å². The number of amides is 2. The number of nitrogens with one attached hydrogen (secondary N) is 1. The quantitative estimate of drug-likeness (QED) is 0.551. The highest BCUT2D eigenvalue weighted by Crippen LogP contribution is 2.69. The molecule has 0 spiro atoms. The molecule has 8 atom stereocenters. The van der Waals surface area contributed by atoms with Crippen molar-refractivity contribution >= 4 is 40.9 Å². The lowest BCUT2D eigenvalue weighted by atomic mass is 9.68. The highest BCUT2D eigenvalue weighted by atomic mass is 32.2. The number of para-hydroxylation sites is 1. The van der Waals surface area contributed by atoms with Crippen LogP contribution in [-0.4, -0.2) is 49.2 Å². The van der Waals surface area contributed by atoms with Gasteiger partial charge in [-0.05, 0) is 36.2 Å². The lowest BCUT2D eigenvalue weighted by Crippen LogP contribution is -2.49. The summed E-state index contributed by atoms with van der Waals surface area (Å²) in [5.74, 6) is -3.75. The summed E-state index contributed by atoms with van der Waals surface area (Å²) >= 11 is 2.70. The van der Waals surface area contributed by atoms with Crippen molar-refractivity contribution in [3.05, 3.63) is 44.4 Å². The van der Waals surface area contributed by atoms with Crippen LogP contribution in [0.5, 0.6) is 5.75 Å². The molecule has 2 aliphatic carbocycles. The third-order valence-electron chi connectivity index (χ3n) is 8.19. The molecule has 4 aliphatic rings. The molecular weight excluding hydrogens is 476 g/mol. The van der Waals surface area contributed by atoms with E-state index in [0.29, 0.717) is 6.42 Å². The normalized spacial score (nSPS) is 34.3. The average molecular weight is 501 g/mol. The minimum atomic E-state index is -1.17. The van der Waals surface area contributed by atoms with E-state index in [-0.39, 0.29) is 51.4 Å². The number of phenols is 1. The van der Waals surface area contributed by atoms with E-state index in [1.54, 1.807) is 37.7 Å². The van der Waals surface area contributed by atoms with Gasteiger partial charge < -0.3 is 15.2 Å². The van der Waals surface area contributed by atoms with Crippen molar-refractivity contribution < 1.29 is 24.6 Å². The van der Waals surface area contributed by atoms with E-state index in [9.17, 15) is 29.4 Å². The molecule has 8 nitrogen and oxygen atoms in total. The Hall–Kier alpha value is -2.59. The van der Waals surface area contributed by atoms with Gasteiger partial charge in [0.05, 0.1) is 16.9 Å². The van der Waals surface area contributed by atoms with Gasteiger partial charge in [-0.1, -0.05) is 43.4 Å². The lowest BCUT2D eigenvalue weighted by Gasteiger charge is -2.43. The van der Waals surface area contributed by atoms with Crippen LogP contribution in [0.2, 0.25) is 0 Å². The largest absolute Gasteiger partial charge is 0.508 e. The second-order valence-electron chi connectivity index (χ2n) is 10.1. The van der Waals surface area contributed by atoms with Crippen molar-refractivity contribution in [3.63, 3.8) is 0 Å². The number of H-pyrrole nitrogens is 1. The van der Waals surface area contributed by atoms with E-state index in [2.05, 4.69) is 4.98 Å². The van der Waals surface area contributed by atoms with Crippen LogP contribution in [0.4, 0.5) is 0 Å². The molecule has 34 heavy (non-hydrogen) atoms. The number of aromatic hydroxyl groups is 1. The number of carbonyl (C=O) groups is 3. The smallest absolute Gasteiger partial charge is 0.327 e. The Balaban J connectivity index is 1.46. The number of likely N-dealkylation sites (tertiary alicyclic amines) is 1. The van der Waals surface area contributed by atoms with Crippen LogP contribution in [0, 0.1) is 35.5 Å². The Morgan fingerprint density at radius 1 is 1.12 bits per heavy atom. The SMILES string of the molecule is CC(C)C(C(=O)O)N1C(=O)C2C3CC(C2C1=O)C1C(c2ccccc2O)c2sc(=O)[nH]c2SC31. The van der Waals surface area contributed by atoms with E-state index < -0.39 is 29.8 Å². The molecule has 2 aliphatic heterocycles. The third kappa shape index (κ3) is 2.78. The van der Waals surface area contributed by atoms with Gasteiger partial charge in [0.25, 0.3) is 0 Å². The monoisotopic (exact) mass is 500 g/mol. The van der Waals surface area contributed by atoms with Crippen molar-refractivity contribution in [2.45, 2.75) is 42.5 Å². The second kappa shape index (κ2) is 7.45. The van der Waals surface area contributed by atoms with Crippen LogP contribution < -0.4 is 4.87 Å². The molecule has 2 aromatic rings. The predicted molar refractivity (Wildman–Crippen MR) is 125 cm³/mol. The first kappa shape index (κ1) is 21.9. The van der Waals surface area contributed by atoms with Crippen LogP contribution in [0.15, 0.2) is 34.1 Å². The van der Waals surface area contributed by atoms with E-state index >= 15 is 0 Å². The zero-order chi connectivity index (χ0) is 24.0. The number of carbonyl (C=O) groups excluding carboxylic acids is 2. The molecule has 10 heteroatoms. The van der Waals surface area contributed by atoms with Gasteiger partial charge in [0.15, 0.2) is 0 Å².